The van der Waals surface area contributed by atoms with Crippen LogP contribution in [0.1, 0.15) is 330 Å². The minimum absolute atomic E-state index is 0.0328. The molecule has 4 N–H and O–H groups in total. The fourth-order valence-electron chi connectivity index (χ4n) is 14.2. The molecule has 0 bridgehead atoms. The summed E-state index contributed by atoms with van der Waals surface area (Å²) in [6.45, 7) is 17.3. The van der Waals surface area contributed by atoms with E-state index in [4.69, 9.17) is 68.3 Å². The average Bonchev–Trinajstić information content (AvgIpc) is 0.804. The quantitative estimate of drug-likeness (QED) is 0.0118. The summed E-state index contributed by atoms with van der Waals surface area (Å²) in [6, 6.07) is 32.2. The lowest BCUT2D eigenvalue weighted by Gasteiger charge is -2.16. The molecule has 0 heterocycles. The summed E-state index contributed by atoms with van der Waals surface area (Å²) in [5, 5.41) is 0. The maximum absolute atomic E-state index is 14.0. The second-order valence-corrected chi connectivity index (χ2v) is 31.8. The molecule has 2 amide bonds. The van der Waals surface area contributed by atoms with E-state index in [-0.39, 0.29) is 56.4 Å². The molecule has 0 spiro atoms. The minimum Gasteiger partial charge on any atom is -0.494 e. The van der Waals surface area contributed by atoms with E-state index in [0.29, 0.717) is 113 Å². The number of rotatable bonds is 73. The normalized spacial score (nSPS) is 10.8. The number of amides is 2. The molecule has 0 radical (unpaired) electrons. The standard InChI is InChI=1S/C104H136N2O22/c1-5-93(107)121-71-45-35-25-15-11-21-31-41-67-117-85-59-51-79(52-60-85)101(113)125-89-75-83(97(91(77-89)99(105)111)127-103(115)81-55-63-87(64-56-81)119-69-43-33-23-13-17-27-37-47-73-123-95(109)7-3)49-39-29-19-9-10-20-30-40-50-84-76-90(126-102(114)80-53-61-86(62-54-80)118-68-42-32-22-12-16-26-36-46-72-122-94(108)6-2)78-92(100(106)112)98(84)128-104(116)82-57-65-88(66-58-82)120-70-44-34-24-14-18-28-38-48-74-124-96(110)8-4/h5-8,51-66,75-78H,1-4,9-50,67-74H2,(H2,105,111)(H2,106,112). The number of hydrogen-bond acceptors (Lipinski definition) is 22. The van der Waals surface area contributed by atoms with Crippen LogP contribution in [0, 0.1) is 0 Å². The van der Waals surface area contributed by atoms with Gasteiger partial charge in [0, 0.05) is 24.3 Å². The summed E-state index contributed by atoms with van der Waals surface area (Å²) in [7, 11) is 0. The van der Waals surface area contributed by atoms with Gasteiger partial charge in [-0.3, -0.25) is 9.59 Å². The number of carbonyl (C=O) groups is 10. The van der Waals surface area contributed by atoms with Gasteiger partial charge in [-0.2, -0.15) is 0 Å². The molecule has 0 unspecified atom stereocenters. The Morgan fingerprint density at radius 2 is 0.414 bits per heavy atom. The molecule has 0 aliphatic rings. The lowest BCUT2D eigenvalue weighted by Crippen LogP contribution is -2.18. The maximum Gasteiger partial charge on any atom is 0.343 e. The van der Waals surface area contributed by atoms with Gasteiger partial charge in [0.2, 0.25) is 0 Å². The fraction of sp³-hybridized carbons (Fsp3) is 0.481. The van der Waals surface area contributed by atoms with Crippen LogP contribution in [-0.4, -0.2) is 112 Å². The van der Waals surface area contributed by atoms with Crippen molar-refractivity contribution >= 4 is 59.6 Å². The Kier molecular flexibility index (Phi) is 53.2. The van der Waals surface area contributed by atoms with Crippen molar-refractivity contribution in [3.05, 3.63) is 216 Å². The van der Waals surface area contributed by atoms with Crippen LogP contribution in [0.15, 0.2) is 172 Å². The number of benzene rings is 6. The maximum atomic E-state index is 14.0. The van der Waals surface area contributed by atoms with Gasteiger partial charge in [0.25, 0.3) is 11.8 Å². The van der Waals surface area contributed by atoms with Gasteiger partial charge in [0.05, 0.1) is 86.2 Å². The van der Waals surface area contributed by atoms with Crippen molar-refractivity contribution in [1.29, 1.82) is 0 Å². The Morgan fingerprint density at radius 3 is 0.617 bits per heavy atom. The summed E-state index contributed by atoms with van der Waals surface area (Å²) in [5.74, 6) is -3.92. The molecule has 0 atom stereocenters. The van der Waals surface area contributed by atoms with Crippen molar-refractivity contribution in [1.82, 2.24) is 0 Å². The highest BCUT2D eigenvalue weighted by molar-refractivity contribution is 6.01. The zero-order valence-corrected chi connectivity index (χ0v) is 75.2. The molecule has 0 aliphatic carbocycles. The number of esters is 8. The summed E-state index contributed by atoms with van der Waals surface area (Å²) >= 11 is 0. The molecule has 6 aromatic carbocycles. The predicted octanol–water partition coefficient (Wildman–Crippen LogP) is 22.6. The second kappa shape index (κ2) is 64.8. The molecule has 6 rings (SSSR count). The fourth-order valence-corrected chi connectivity index (χ4v) is 14.2. The third-order valence-electron chi connectivity index (χ3n) is 21.5. The third kappa shape index (κ3) is 44.6. The van der Waals surface area contributed by atoms with Crippen molar-refractivity contribution < 1.29 is 105 Å². The van der Waals surface area contributed by atoms with Gasteiger partial charge >= 0.3 is 47.8 Å². The summed E-state index contributed by atoms with van der Waals surface area (Å²) in [6.07, 6.45) is 43.5. The molecule has 24 heteroatoms. The van der Waals surface area contributed by atoms with Crippen LogP contribution in [0.5, 0.6) is 46.0 Å². The summed E-state index contributed by atoms with van der Waals surface area (Å²) in [5.41, 5.74) is 13.6. The van der Waals surface area contributed by atoms with Crippen molar-refractivity contribution in [3.63, 3.8) is 0 Å². The van der Waals surface area contributed by atoms with Gasteiger partial charge in [0.1, 0.15) is 46.0 Å². The van der Waals surface area contributed by atoms with E-state index < -0.39 is 59.6 Å². The number of unbranched alkanes of at least 4 members (excludes halogenated alkanes) is 35. The lowest BCUT2D eigenvalue weighted by molar-refractivity contribution is -0.138. The van der Waals surface area contributed by atoms with Crippen LogP contribution >= 0.6 is 0 Å². The van der Waals surface area contributed by atoms with Crippen LogP contribution in [-0.2, 0) is 51.0 Å². The van der Waals surface area contributed by atoms with Crippen LogP contribution in [0.4, 0.5) is 0 Å². The van der Waals surface area contributed by atoms with Crippen molar-refractivity contribution in [2.75, 3.05) is 52.9 Å². The van der Waals surface area contributed by atoms with Crippen molar-refractivity contribution in [2.24, 2.45) is 11.5 Å². The zero-order valence-electron chi connectivity index (χ0n) is 75.2. The predicted molar refractivity (Wildman–Crippen MR) is 494 cm³/mol. The SMILES string of the molecule is C=CC(=O)OCCCCCCCCCCOc1ccc(C(=O)Oc2cc(CCCCCCCCCCc3cc(OC(=O)c4ccc(OCCCCCCCCCCOC(=O)C=C)cc4)cc(C(N)=O)c3OC(=O)c3ccc(OCCCCCCCCCCOC(=O)C=C)cc3)c(OC(=O)c3ccc(OCCCCCCCCCCOC(=O)C=C)cc3)c(C(N)=O)c2)cc1. The molecule has 0 aromatic heterocycles. The molecule has 0 fully saturated rings. The van der Waals surface area contributed by atoms with Crippen LogP contribution in [0.3, 0.4) is 0 Å². The lowest BCUT2D eigenvalue weighted by atomic mass is 9.99. The van der Waals surface area contributed by atoms with Crippen LogP contribution < -0.4 is 49.4 Å². The number of ether oxygens (including phenoxy) is 12. The molecule has 128 heavy (non-hydrogen) atoms. The highest BCUT2D eigenvalue weighted by Crippen LogP contribution is 2.36. The van der Waals surface area contributed by atoms with Gasteiger partial charge in [-0.05, 0) is 210 Å². The van der Waals surface area contributed by atoms with Crippen LogP contribution in [0.2, 0.25) is 0 Å². The first kappa shape index (κ1) is 105. The van der Waals surface area contributed by atoms with E-state index in [9.17, 15) is 47.9 Å². The van der Waals surface area contributed by atoms with E-state index in [1.165, 1.54) is 36.4 Å². The molecule has 24 nitrogen and oxygen atoms in total. The highest BCUT2D eigenvalue weighted by atomic mass is 16.6. The Balaban J connectivity index is 1.05. The number of carbonyl (C=O) groups excluding carboxylic acids is 10. The Bertz CT molecular complexity index is 4090. The van der Waals surface area contributed by atoms with E-state index in [0.717, 1.165) is 244 Å². The third-order valence-corrected chi connectivity index (χ3v) is 21.5. The summed E-state index contributed by atoms with van der Waals surface area (Å²) < 4.78 is 68.2. The van der Waals surface area contributed by atoms with Gasteiger partial charge in [-0.1, -0.05) is 219 Å². The summed E-state index contributed by atoms with van der Waals surface area (Å²) in [4.78, 5) is 127. The number of primary amides is 2. The molecule has 0 saturated carbocycles. The van der Waals surface area contributed by atoms with E-state index in [1.807, 2.05) is 0 Å². The largest absolute Gasteiger partial charge is 0.494 e. The number of nitrogens with two attached hydrogens (primary N) is 2. The van der Waals surface area contributed by atoms with Gasteiger partial charge < -0.3 is 68.3 Å². The van der Waals surface area contributed by atoms with Crippen molar-refractivity contribution in [2.45, 2.75) is 270 Å². The highest BCUT2D eigenvalue weighted by Gasteiger charge is 2.26. The van der Waals surface area contributed by atoms with Crippen molar-refractivity contribution in [3.8, 4) is 46.0 Å². The molecule has 0 aliphatic heterocycles. The van der Waals surface area contributed by atoms with Gasteiger partial charge in [-0.15, -0.1) is 0 Å². The minimum atomic E-state index is -0.900. The molecule has 0 saturated heterocycles. The number of hydrogen-bond donors (Lipinski definition) is 2. The first-order chi connectivity index (χ1) is 62.4. The zero-order chi connectivity index (χ0) is 91.8. The molecule has 694 valence electrons. The second-order valence-electron chi connectivity index (χ2n) is 31.8. The van der Waals surface area contributed by atoms with Crippen LogP contribution in [0.25, 0.3) is 0 Å². The first-order valence-corrected chi connectivity index (χ1v) is 46.3. The topological polar surface area (TPSA) is 333 Å². The average molecular weight is 1770 g/mol. The van der Waals surface area contributed by atoms with Gasteiger partial charge in [0.15, 0.2) is 0 Å². The first-order valence-electron chi connectivity index (χ1n) is 46.3. The van der Waals surface area contributed by atoms with E-state index in [2.05, 4.69) is 26.3 Å². The molecular weight excluding hydrogens is 1630 g/mol. The monoisotopic (exact) mass is 1760 g/mol. The smallest absolute Gasteiger partial charge is 0.343 e. The Morgan fingerprint density at radius 1 is 0.227 bits per heavy atom. The Labute approximate surface area is 756 Å². The van der Waals surface area contributed by atoms with E-state index in [1.54, 1.807) is 109 Å². The Hall–Kier alpha value is -11.8. The molecule has 6 aromatic rings. The van der Waals surface area contributed by atoms with Gasteiger partial charge in [-0.25, -0.2) is 38.4 Å². The number of aryl methyl sites for hydroxylation is 2. The van der Waals surface area contributed by atoms with E-state index >= 15 is 0 Å². The molecular formula is C104H136N2O22.